The topological polar surface area (TPSA) is 80.9 Å². The second-order valence-electron chi connectivity index (χ2n) is 3.73. The van der Waals surface area contributed by atoms with Crippen LogP contribution in [0.2, 0.25) is 5.15 Å². The second kappa shape index (κ2) is 5.14. The zero-order valence-corrected chi connectivity index (χ0v) is 10.6. The Morgan fingerprint density at radius 2 is 2.22 bits per heavy atom. The number of nitrogens with one attached hydrogen (secondary N) is 1. The van der Waals surface area contributed by atoms with Gasteiger partial charge in [0.1, 0.15) is 22.6 Å². The van der Waals surface area contributed by atoms with Crippen molar-refractivity contribution >= 4 is 17.5 Å². The minimum absolute atomic E-state index is 0.151. The molecule has 0 fully saturated rings. The normalized spacial score (nSPS) is 12.2. The molecule has 0 aliphatic carbocycles. The van der Waals surface area contributed by atoms with Crippen LogP contribution in [0, 0.1) is 6.92 Å². The monoisotopic (exact) mass is 266 g/mol. The van der Waals surface area contributed by atoms with E-state index in [0.717, 1.165) is 0 Å². The van der Waals surface area contributed by atoms with Crippen LogP contribution in [-0.2, 0) is 0 Å². The van der Waals surface area contributed by atoms with Crippen molar-refractivity contribution in [3.63, 3.8) is 0 Å². The van der Waals surface area contributed by atoms with Gasteiger partial charge >= 0.3 is 0 Å². The van der Waals surface area contributed by atoms with Gasteiger partial charge in [-0.05, 0) is 13.8 Å². The van der Waals surface area contributed by atoms with Crippen LogP contribution in [0.5, 0.6) is 0 Å². The molecule has 0 saturated heterocycles. The lowest BCUT2D eigenvalue weighted by Gasteiger charge is -2.09. The minimum Gasteiger partial charge on any atom is -0.444 e. The van der Waals surface area contributed by atoms with Crippen LogP contribution >= 0.6 is 11.6 Å². The fourth-order valence-corrected chi connectivity index (χ4v) is 1.50. The van der Waals surface area contributed by atoms with E-state index in [2.05, 4.69) is 20.3 Å². The molecule has 6 nitrogen and oxygen atoms in total. The summed E-state index contributed by atoms with van der Waals surface area (Å²) in [6.45, 7) is 3.55. The first-order valence-corrected chi connectivity index (χ1v) is 5.65. The lowest BCUT2D eigenvalue weighted by molar-refractivity contribution is 0.0928. The van der Waals surface area contributed by atoms with Gasteiger partial charge in [-0.2, -0.15) is 0 Å². The summed E-state index contributed by atoms with van der Waals surface area (Å²) in [5.74, 6) is 0.748. The van der Waals surface area contributed by atoms with Gasteiger partial charge in [0.25, 0.3) is 5.91 Å². The number of hydrogen-bond acceptors (Lipinski definition) is 5. The molecule has 1 amide bonds. The second-order valence-corrected chi connectivity index (χ2v) is 4.12. The van der Waals surface area contributed by atoms with E-state index in [0.29, 0.717) is 11.7 Å². The molecule has 0 aliphatic rings. The predicted molar refractivity (Wildman–Crippen MR) is 64.2 cm³/mol. The zero-order valence-electron chi connectivity index (χ0n) is 9.85. The van der Waals surface area contributed by atoms with Crippen LogP contribution in [0.4, 0.5) is 0 Å². The fraction of sp³-hybridized carbons (Fsp3) is 0.273. The van der Waals surface area contributed by atoms with Crippen molar-refractivity contribution in [2.75, 3.05) is 0 Å². The number of halogens is 1. The summed E-state index contributed by atoms with van der Waals surface area (Å²) in [5.41, 5.74) is 0.151. The summed E-state index contributed by atoms with van der Waals surface area (Å²) in [6, 6.07) is -0.355. The van der Waals surface area contributed by atoms with Gasteiger partial charge in [-0.25, -0.2) is 9.97 Å². The summed E-state index contributed by atoms with van der Waals surface area (Å²) in [5, 5.41) is 2.87. The van der Waals surface area contributed by atoms with Crippen LogP contribution in [0.3, 0.4) is 0 Å². The Hall–Kier alpha value is -1.95. The number of nitrogens with zero attached hydrogens (tertiary/aromatic N) is 3. The van der Waals surface area contributed by atoms with Crippen molar-refractivity contribution in [2.45, 2.75) is 19.9 Å². The maximum atomic E-state index is 11.8. The molecule has 18 heavy (non-hydrogen) atoms. The number of hydrogen-bond donors (Lipinski definition) is 1. The van der Waals surface area contributed by atoms with E-state index < -0.39 is 0 Å². The van der Waals surface area contributed by atoms with Crippen LogP contribution in [0.15, 0.2) is 23.0 Å². The summed E-state index contributed by atoms with van der Waals surface area (Å²) in [7, 11) is 0. The molecular formula is C11H11ClN4O2. The molecule has 0 bridgehead atoms. The molecule has 0 spiro atoms. The van der Waals surface area contributed by atoms with Gasteiger partial charge in [0, 0.05) is 0 Å². The summed E-state index contributed by atoms with van der Waals surface area (Å²) in [4.78, 5) is 23.5. The Morgan fingerprint density at radius 1 is 1.44 bits per heavy atom. The lowest BCUT2D eigenvalue weighted by Crippen LogP contribution is -2.27. The third kappa shape index (κ3) is 2.84. The predicted octanol–water partition coefficient (Wildman–Crippen LogP) is 1.92. The highest BCUT2D eigenvalue weighted by Gasteiger charge is 2.16. The minimum atomic E-state index is -0.381. The number of oxazole rings is 1. The van der Waals surface area contributed by atoms with Crippen molar-refractivity contribution in [1.29, 1.82) is 0 Å². The van der Waals surface area contributed by atoms with Gasteiger partial charge in [-0.15, -0.1) is 0 Å². The first-order valence-electron chi connectivity index (χ1n) is 5.27. The van der Waals surface area contributed by atoms with Crippen LogP contribution in [0.1, 0.15) is 35.1 Å². The van der Waals surface area contributed by atoms with Crippen LogP contribution in [0.25, 0.3) is 0 Å². The Kier molecular flexibility index (Phi) is 3.57. The van der Waals surface area contributed by atoms with Crippen molar-refractivity contribution in [1.82, 2.24) is 20.3 Å². The smallest absolute Gasteiger partial charge is 0.272 e. The summed E-state index contributed by atoms with van der Waals surface area (Å²) in [6.07, 6.45) is 4.30. The van der Waals surface area contributed by atoms with Gasteiger partial charge in [0.2, 0.25) is 5.89 Å². The van der Waals surface area contributed by atoms with Crippen molar-refractivity contribution in [2.24, 2.45) is 0 Å². The van der Waals surface area contributed by atoms with E-state index in [-0.39, 0.29) is 22.8 Å². The average molecular weight is 267 g/mol. The molecule has 2 aromatic rings. The van der Waals surface area contributed by atoms with Crippen molar-refractivity contribution < 1.29 is 9.21 Å². The molecule has 0 radical (unpaired) electrons. The largest absolute Gasteiger partial charge is 0.444 e. The highest BCUT2D eigenvalue weighted by molar-refractivity contribution is 6.29. The zero-order chi connectivity index (χ0) is 13.1. The van der Waals surface area contributed by atoms with Gasteiger partial charge in [0.15, 0.2) is 0 Å². The van der Waals surface area contributed by atoms with E-state index in [1.807, 2.05) is 0 Å². The van der Waals surface area contributed by atoms with E-state index in [1.165, 1.54) is 12.4 Å². The molecule has 0 saturated carbocycles. The van der Waals surface area contributed by atoms with E-state index in [9.17, 15) is 4.79 Å². The van der Waals surface area contributed by atoms with Gasteiger partial charge in [-0.3, -0.25) is 9.78 Å². The Labute approximate surface area is 108 Å². The molecule has 7 heteroatoms. The Balaban J connectivity index is 2.08. The number of carbonyl (C=O) groups is 1. The highest BCUT2D eigenvalue weighted by atomic mass is 35.5. The first kappa shape index (κ1) is 12.5. The van der Waals surface area contributed by atoms with E-state index in [4.69, 9.17) is 16.0 Å². The number of carbonyl (C=O) groups excluding carboxylic acids is 1. The standard InChI is InChI=1S/C11H11ClN4O2/c1-6-3-14-11(18-6)7(2)15-10(17)8-4-13-5-9(12)16-8/h3-5,7H,1-2H3,(H,15,17). The number of aryl methyl sites for hydroxylation is 1. The third-order valence-corrected chi connectivity index (χ3v) is 2.38. The molecule has 0 aromatic carbocycles. The molecular weight excluding hydrogens is 256 g/mol. The van der Waals surface area contributed by atoms with Gasteiger partial charge in [-0.1, -0.05) is 11.6 Å². The Morgan fingerprint density at radius 3 is 2.83 bits per heavy atom. The number of aromatic nitrogens is 3. The molecule has 94 valence electrons. The van der Waals surface area contributed by atoms with Crippen molar-refractivity contribution in [3.05, 3.63) is 41.1 Å². The Bertz CT molecular complexity index is 570. The van der Waals surface area contributed by atoms with Gasteiger partial charge < -0.3 is 9.73 Å². The summed E-state index contributed by atoms with van der Waals surface area (Å²) >= 11 is 5.66. The SMILES string of the molecule is Cc1cnc(C(C)NC(=O)c2cncc(Cl)n2)o1. The maximum absolute atomic E-state index is 11.8. The van der Waals surface area contributed by atoms with E-state index in [1.54, 1.807) is 20.0 Å². The maximum Gasteiger partial charge on any atom is 0.272 e. The number of rotatable bonds is 3. The molecule has 1 atom stereocenters. The highest BCUT2D eigenvalue weighted by Crippen LogP contribution is 2.12. The molecule has 0 aliphatic heterocycles. The molecule has 2 heterocycles. The first-order chi connectivity index (χ1) is 8.56. The molecule has 2 rings (SSSR count). The quantitative estimate of drug-likeness (QED) is 0.918. The number of amides is 1. The van der Waals surface area contributed by atoms with Gasteiger partial charge in [0.05, 0.1) is 18.6 Å². The fourth-order valence-electron chi connectivity index (χ4n) is 1.36. The molecule has 2 aromatic heterocycles. The lowest BCUT2D eigenvalue weighted by atomic mass is 10.3. The molecule has 1 unspecified atom stereocenters. The van der Waals surface area contributed by atoms with E-state index >= 15 is 0 Å². The third-order valence-electron chi connectivity index (χ3n) is 2.19. The van der Waals surface area contributed by atoms with Crippen LogP contribution < -0.4 is 5.32 Å². The molecule has 1 N–H and O–H groups in total. The average Bonchev–Trinajstić information content (AvgIpc) is 2.76. The van der Waals surface area contributed by atoms with Crippen molar-refractivity contribution in [3.8, 4) is 0 Å². The van der Waals surface area contributed by atoms with Crippen LogP contribution in [-0.4, -0.2) is 20.9 Å². The summed E-state index contributed by atoms with van der Waals surface area (Å²) < 4.78 is 5.32.